The number of nitrogens with zero attached hydrogens (tertiary/aromatic N) is 2. The number of hydrogen-bond acceptors (Lipinski definition) is 11. The molecule has 1 unspecified atom stereocenters. The lowest BCUT2D eigenvalue weighted by molar-refractivity contribution is -0.116. The first-order valence-corrected chi connectivity index (χ1v) is 18.2. The van der Waals surface area contributed by atoms with E-state index in [9.17, 15) is 35.3 Å². The summed E-state index contributed by atoms with van der Waals surface area (Å²) >= 11 is 13.5. The summed E-state index contributed by atoms with van der Waals surface area (Å²) in [5, 5.41) is 63.2. The zero-order chi connectivity index (χ0) is 36.8. The van der Waals surface area contributed by atoms with Gasteiger partial charge in [-0.15, -0.1) is 0 Å². The van der Waals surface area contributed by atoms with Crippen LogP contribution in [0.5, 0.6) is 34.5 Å². The average molecular weight is 956 g/mol. The molecular formula is C34H28Br4N4O9. The quantitative estimate of drug-likeness (QED) is 0.0716. The summed E-state index contributed by atoms with van der Waals surface area (Å²) in [5.74, 6) is -0.953. The standard InChI is InChI=1S/C34H28Br4N4O9/c35-20-7-16-1-3-27(20)50-30-13-18(9-23(38)32(30)45)11-25(42-49)34(47)40-15-26(43)19-2-4-28(21(36)14-19)51-29-12-17(8-22(37)31(29)44)5-6-39-33(46)24(10-16)41-48/h1-4,7-9,12-14,26,43-45,48-49H,5-6,10-11,15H2,(H,39,46)(H,40,47)/b41-24+,42-25+. The highest BCUT2D eigenvalue weighted by molar-refractivity contribution is 9.11. The normalized spacial score (nSPS) is 17.6. The number of aromatic hydroxyl groups is 2. The van der Waals surface area contributed by atoms with Crippen LogP contribution >= 0.6 is 63.7 Å². The fourth-order valence-corrected chi connectivity index (χ4v) is 6.94. The summed E-state index contributed by atoms with van der Waals surface area (Å²) in [5.41, 5.74) is 1.77. The van der Waals surface area contributed by atoms with Crippen LogP contribution in [0.3, 0.4) is 0 Å². The number of oxime groups is 2. The number of phenolic OH excluding ortho intramolecular Hbond substituents is 2. The molecule has 8 bridgehead atoms. The van der Waals surface area contributed by atoms with Gasteiger partial charge in [0.1, 0.15) is 22.9 Å². The van der Waals surface area contributed by atoms with Crippen LogP contribution in [0.25, 0.3) is 0 Å². The van der Waals surface area contributed by atoms with Crippen LogP contribution < -0.4 is 20.1 Å². The number of amides is 2. The topological polar surface area (TPSA) is 203 Å². The van der Waals surface area contributed by atoms with Crippen molar-refractivity contribution in [3.05, 3.63) is 101 Å². The van der Waals surface area contributed by atoms with Gasteiger partial charge in [0.05, 0.1) is 24.0 Å². The summed E-state index contributed by atoms with van der Waals surface area (Å²) < 4.78 is 13.5. The van der Waals surface area contributed by atoms with Crippen molar-refractivity contribution >= 4 is 87.0 Å². The largest absolute Gasteiger partial charge is 0.503 e. The van der Waals surface area contributed by atoms with E-state index < -0.39 is 17.9 Å². The molecule has 2 amide bonds. The Morgan fingerprint density at radius 1 is 0.627 bits per heavy atom. The summed E-state index contributed by atoms with van der Waals surface area (Å²) in [4.78, 5) is 25.9. The van der Waals surface area contributed by atoms with Crippen LogP contribution in [0.1, 0.15) is 28.4 Å². The summed E-state index contributed by atoms with van der Waals surface area (Å²) in [6, 6.07) is 16.0. The van der Waals surface area contributed by atoms with Gasteiger partial charge in [-0.25, -0.2) is 0 Å². The van der Waals surface area contributed by atoms with Gasteiger partial charge in [-0.05, 0) is 141 Å². The maximum atomic E-state index is 13.0. The average Bonchev–Trinajstić information content (AvgIpc) is 3.10. The van der Waals surface area contributed by atoms with Crippen LogP contribution in [0, 0.1) is 0 Å². The lowest BCUT2D eigenvalue weighted by atomic mass is 10.1. The van der Waals surface area contributed by atoms with Gasteiger partial charge in [-0.2, -0.15) is 0 Å². The number of halogens is 4. The Morgan fingerprint density at radius 2 is 1.14 bits per heavy atom. The Hall–Kier alpha value is -4.16. The van der Waals surface area contributed by atoms with Crippen molar-refractivity contribution < 1.29 is 44.8 Å². The highest BCUT2D eigenvalue weighted by Crippen LogP contribution is 2.42. The van der Waals surface area contributed by atoms with Gasteiger partial charge in [-0.3, -0.25) is 9.59 Å². The molecule has 7 N–H and O–H groups in total. The first kappa shape index (κ1) is 38.1. The van der Waals surface area contributed by atoms with Crippen LogP contribution in [-0.2, 0) is 28.9 Å². The highest BCUT2D eigenvalue weighted by atomic mass is 79.9. The third kappa shape index (κ3) is 9.39. The Balaban J connectivity index is 1.47. The predicted molar refractivity (Wildman–Crippen MR) is 201 cm³/mol. The second-order valence-corrected chi connectivity index (χ2v) is 14.6. The molecular weight excluding hydrogens is 928 g/mol. The van der Waals surface area contributed by atoms with E-state index in [2.05, 4.69) is 84.7 Å². The number of carbonyl (C=O) groups excluding carboxylic acids is 2. The summed E-state index contributed by atoms with van der Waals surface area (Å²) in [6.07, 6.45) is -1.01. The molecule has 4 aliphatic heterocycles. The first-order valence-electron chi connectivity index (χ1n) is 15.0. The molecule has 0 radical (unpaired) electrons. The molecule has 0 saturated heterocycles. The minimum absolute atomic E-state index is 0.0216. The van der Waals surface area contributed by atoms with Crippen molar-refractivity contribution in [1.82, 2.24) is 10.6 Å². The van der Waals surface area contributed by atoms with E-state index in [1.54, 1.807) is 48.5 Å². The molecule has 51 heavy (non-hydrogen) atoms. The number of aliphatic hydroxyl groups is 1. The maximum Gasteiger partial charge on any atom is 0.269 e. The van der Waals surface area contributed by atoms with Gasteiger partial charge < -0.3 is 45.8 Å². The van der Waals surface area contributed by atoms with Crippen LogP contribution in [0.15, 0.2) is 88.9 Å². The van der Waals surface area contributed by atoms with E-state index in [0.717, 1.165) is 0 Å². The third-order valence-corrected chi connectivity index (χ3v) is 10.1. The number of nitrogens with one attached hydrogen (secondary N) is 2. The van der Waals surface area contributed by atoms with E-state index in [1.165, 1.54) is 12.1 Å². The smallest absolute Gasteiger partial charge is 0.269 e. The van der Waals surface area contributed by atoms with Crippen LogP contribution in [0.4, 0.5) is 0 Å². The number of hydrogen-bond donors (Lipinski definition) is 7. The lowest BCUT2D eigenvalue weighted by Crippen LogP contribution is -2.35. The molecule has 4 aliphatic rings. The molecule has 4 aromatic carbocycles. The first-order chi connectivity index (χ1) is 24.4. The molecule has 266 valence electrons. The minimum atomic E-state index is -1.16. The van der Waals surface area contributed by atoms with Crippen molar-refractivity contribution in [2.45, 2.75) is 25.4 Å². The number of benzene rings is 4. The van der Waals surface area contributed by atoms with Crippen LogP contribution in [0.2, 0.25) is 0 Å². The van der Waals surface area contributed by atoms with E-state index in [0.29, 0.717) is 53.6 Å². The molecule has 8 rings (SSSR count). The van der Waals surface area contributed by atoms with Crippen molar-refractivity contribution in [3.8, 4) is 34.5 Å². The molecule has 0 aromatic heterocycles. The van der Waals surface area contributed by atoms with E-state index in [4.69, 9.17) is 9.47 Å². The van der Waals surface area contributed by atoms with E-state index >= 15 is 0 Å². The monoisotopic (exact) mass is 952 g/mol. The second-order valence-electron chi connectivity index (χ2n) is 11.2. The SMILES string of the molecule is O=C1NCCc2cc(Br)c(O)c(c2)Oc2ccc(cc2Br)C(O)CNC(=O)/C(=N/O)Cc2cc(Br)c(O)c(c2)Oc2ccc(cc2Br)C/C1=N\O. The molecule has 13 nitrogen and oxygen atoms in total. The molecule has 0 aliphatic carbocycles. The van der Waals surface area contributed by atoms with Crippen molar-refractivity contribution in [2.24, 2.45) is 10.3 Å². The Bertz CT molecular complexity index is 2060. The van der Waals surface area contributed by atoms with Crippen molar-refractivity contribution in [3.63, 3.8) is 0 Å². The number of carbonyl (C=O) groups is 2. The van der Waals surface area contributed by atoms with E-state index in [-0.39, 0.29) is 64.8 Å². The molecule has 4 aromatic rings. The summed E-state index contributed by atoms with van der Waals surface area (Å²) in [6.45, 7) is -0.0539. The number of aliphatic hydroxyl groups excluding tert-OH is 1. The Morgan fingerprint density at radius 3 is 1.73 bits per heavy atom. The molecule has 0 saturated carbocycles. The predicted octanol–water partition coefficient (Wildman–Crippen LogP) is 7.00. The number of ether oxygens (including phenoxy) is 2. The maximum absolute atomic E-state index is 13.0. The fraction of sp³-hybridized carbons (Fsp3) is 0.176. The van der Waals surface area contributed by atoms with Gasteiger partial charge in [0, 0.05) is 25.9 Å². The second kappa shape index (κ2) is 16.9. The number of rotatable bonds is 0. The Labute approximate surface area is 324 Å². The fourth-order valence-electron chi connectivity index (χ4n) is 4.98. The molecule has 0 fully saturated rings. The van der Waals surface area contributed by atoms with Crippen molar-refractivity contribution in [2.75, 3.05) is 13.1 Å². The molecule has 0 spiro atoms. The molecule has 4 heterocycles. The van der Waals surface area contributed by atoms with Crippen LogP contribution in [-0.4, -0.2) is 62.1 Å². The van der Waals surface area contributed by atoms with Gasteiger partial charge in [-0.1, -0.05) is 22.4 Å². The zero-order valence-corrected chi connectivity index (χ0v) is 32.5. The van der Waals surface area contributed by atoms with E-state index in [1.807, 2.05) is 0 Å². The summed E-state index contributed by atoms with van der Waals surface area (Å²) in [7, 11) is 0. The van der Waals surface area contributed by atoms with Gasteiger partial charge in [0.25, 0.3) is 11.8 Å². The highest BCUT2D eigenvalue weighted by Gasteiger charge is 2.21. The van der Waals surface area contributed by atoms with Crippen molar-refractivity contribution in [1.29, 1.82) is 0 Å². The van der Waals surface area contributed by atoms with Gasteiger partial charge in [0.15, 0.2) is 23.0 Å². The third-order valence-electron chi connectivity index (χ3n) is 7.62. The lowest BCUT2D eigenvalue weighted by Gasteiger charge is -2.16. The Kier molecular flexibility index (Phi) is 12.6. The molecule has 17 heteroatoms. The zero-order valence-electron chi connectivity index (χ0n) is 26.2. The number of phenols is 2. The van der Waals surface area contributed by atoms with Gasteiger partial charge in [0.2, 0.25) is 0 Å². The molecule has 1 atom stereocenters. The minimum Gasteiger partial charge on any atom is -0.503 e. The van der Waals surface area contributed by atoms with Gasteiger partial charge >= 0.3 is 0 Å².